The lowest BCUT2D eigenvalue weighted by atomic mass is 9.85. The summed E-state index contributed by atoms with van der Waals surface area (Å²) in [6.07, 6.45) is 4.76. The minimum Gasteiger partial charge on any atom is -0.454 e. The second-order valence-electron chi connectivity index (χ2n) is 8.85. The molecular formula is C23H24BrN3O6. The van der Waals surface area contributed by atoms with E-state index in [-0.39, 0.29) is 23.7 Å². The molecule has 1 aliphatic heterocycles. The number of likely N-dealkylation sites (tertiary alicyclic amines) is 1. The van der Waals surface area contributed by atoms with Crippen LogP contribution >= 0.6 is 15.9 Å². The summed E-state index contributed by atoms with van der Waals surface area (Å²) in [5.74, 6) is -3.98. The van der Waals surface area contributed by atoms with E-state index in [1.165, 1.54) is 0 Å². The van der Waals surface area contributed by atoms with E-state index >= 15 is 0 Å². The number of ether oxygens (including phenoxy) is 1. The second-order valence-corrected chi connectivity index (χ2v) is 9.77. The zero-order chi connectivity index (χ0) is 23.9. The summed E-state index contributed by atoms with van der Waals surface area (Å²) in [5, 5.41) is 0. The summed E-state index contributed by atoms with van der Waals surface area (Å²) in [7, 11) is 0. The minimum absolute atomic E-state index is 0.0328. The number of fused-ring (bicyclic) bond motifs is 5. The van der Waals surface area contributed by atoms with Crippen LogP contribution in [0.5, 0.6) is 0 Å². The number of halogens is 1. The van der Waals surface area contributed by atoms with Crippen molar-refractivity contribution in [1.29, 1.82) is 0 Å². The number of imide groups is 1. The van der Waals surface area contributed by atoms with E-state index in [1.54, 1.807) is 38.1 Å². The highest BCUT2D eigenvalue weighted by atomic mass is 79.9. The number of nitrogens with zero attached hydrogens (tertiary/aromatic N) is 1. The van der Waals surface area contributed by atoms with Crippen LogP contribution < -0.4 is 10.9 Å². The Balaban J connectivity index is 1.33. The maximum Gasteiger partial charge on any atom is 0.330 e. The Hall–Kier alpha value is -3.01. The zero-order valence-corrected chi connectivity index (χ0v) is 19.7. The number of hydrogen-bond acceptors (Lipinski definition) is 6. The molecular weight excluding hydrogens is 494 g/mol. The smallest absolute Gasteiger partial charge is 0.330 e. The van der Waals surface area contributed by atoms with E-state index in [9.17, 15) is 24.0 Å². The number of nitrogens with one attached hydrogen (secondary N) is 2. The Kier molecular flexibility index (Phi) is 6.38. The minimum atomic E-state index is -1.11. The molecule has 174 valence electrons. The fourth-order valence-corrected chi connectivity index (χ4v) is 5.20. The quantitative estimate of drug-likeness (QED) is 0.255. The highest BCUT2D eigenvalue weighted by molar-refractivity contribution is 9.10. The van der Waals surface area contributed by atoms with Gasteiger partial charge in [0.25, 0.3) is 11.8 Å². The van der Waals surface area contributed by atoms with Gasteiger partial charge in [-0.3, -0.25) is 34.9 Å². The molecule has 4 rings (SSSR count). The van der Waals surface area contributed by atoms with Crippen molar-refractivity contribution in [3.05, 3.63) is 46.5 Å². The molecule has 1 saturated heterocycles. The molecule has 2 N–H and O–H groups in total. The maximum absolute atomic E-state index is 13.0. The average Bonchev–Trinajstić information content (AvgIpc) is 3.46. The third kappa shape index (κ3) is 4.31. The van der Waals surface area contributed by atoms with Crippen molar-refractivity contribution in [1.82, 2.24) is 15.8 Å². The van der Waals surface area contributed by atoms with E-state index < -0.39 is 48.2 Å². The Morgan fingerprint density at radius 2 is 1.61 bits per heavy atom. The Morgan fingerprint density at radius 1 is 1.03 bits per heavy atom. The van der Waals surface area contributed by atoms with E-state index in [4.69, 9.17) is 4.74 Å². The third-order valence-electron chi connectivity index (χ3n) is 6.42. The fraction of sp³-hybridized carbons (Fsp3) is 0.435. The van der Waals surface area contributed by atoms with Crippen molar-refractivity contribution in [3.63, 3.8) is 0 Å². The first-order valence-electron chi connectivity index (χ1n) is 10.8. The number of hydrogen-bond donors (Lipinski definition) is 2. The van der Waals surface area contributed by atoms with Crippen molar-refractivity contribution in [2.45, 2.75) is 26.3 Å². The van der Waals surface area contributed by atoms with Crippen molar-refractivity contribution in [3.8, 4) is 0 Å². The lowest BCUT2D eigenvalue weighted by molar-refractivity contribution is -0.162. The molecule has 1 aromatic carbocycles. The van der Waals surface area contributed by atoms with E-state index in [2.05, 4.69) is 26.8 Å². The molecule has 1 saturated carbocycles. The van der Waals surface area contributed by atoms with Crippen LogP contribution in [0.1, 0.15) is 30.6 Å². The molecule has 3 aliphatic rings. The summed E-state index contributed by atoms with van der Waals surface area (Å²) >= 11 is 3.27. The van der Waals surface area contributed by atoms with Gasteiger partial charge in [-0.25, -0.2) is 4.79 Å². The molecule has 4 amide bonds. The number of amides is 4. The standard InChI is InChI=1S/C23H24BrN3O6/c1-11(2)19(27-21(30)17-13-3-4-14(9-13)18(17)22(27)31)23(32)33-10-16(28)25-26-20(29)12-5-7-15(24)8-6-12/h3-8,11,13-14,17-19H,9-10H2,1-2H3,(H,25,28)(H,26,29)/t13-,14-,17+,18+,19+/m0/s1. The van der Waals surface area contributed by atoms with Gasteiger partial charge in [0.1, 0.15) is 6.04 Å². The van der Waals surface area contributed by atoms with Gasteiger partial charge in [-0.2, -0.15) is 0 Å². The van der Waals surface area contributed by atoms with Crippen molar-refractivity contribution in [2.24, 2.45) is 29.6 Å². The molecule has 9 nitrogen and oxygen atoms in total. The Bertz CT molecular complexity index is 1010. The molecule has 33 heavy (non-hydrogen) atoms. The summed E-state index contributed by atoms with van der Waals surface area (Å²) in [5.41, 5.74) is 4.74. The lowest BCUT2D eigenvalue weighted by Crippen LogP contribution is -2.50. The number of benzene rings is 1. The molecule has 0 spiro atoms. The zero-order valence-electron chi connectivity index (χ0n) is 18.1. The van der Waals surface area contributed by atoms with Gasteiger partial charge in [-0.05, 0) is 48.4 Å². The lowest BCUT2D eigenvalue weighted by Gasteiger charge is -2.28. The number of carbonyl (C=O) groups excluding carboxylic acids is 5. The van der Waals surface area contributed by atoms with Crippen LogP contribution in [0, 0.1) is 29.6 Å². The second kappa shape index (κ2) is 9.09. The normalized spacial score (nSPS) is 25.9. The number of allylic oxidation sites excluding steroid dienone is 2. The van der Waals surface area contributed by atoms with Crippen LogP contribution in [0.2, 0.25) is 0 Å². The van der Waals surface area contributed by atoms with Crippen LogP contribution in [-0.4, -0.2) is 47.1 Å². The van der Waals surface area contributed by atoms with Gasteiger partial charge in [0, 0.05) is 10.0 Å². The van der Waals surface area contributed by atoms with E-state index in [0.717, 1.165) is 15.8 Å². The number of esters is 1. The predicted molar refractivity (Wildman–Crippen MR) is 119 cm³/mol. The van der Waals surface area contributed by atoms with Gasteiger partial charge >= 0.3 is 5.97 Å². The van der Waals surface area contributed by atoms with Gasteiger partial charge in [-0.15, -0.1) is 0 Å². The van der Waals surface area contributed by atoms with Crippen LogP contribution in [-0.2, 0) is 23.9 Å². The predicted octanol–water partition coefficient (Wildman–Crippen LogP) is 1.58. The van der Waals surface area contributed by atoms with Gasteiger partial charge in [0.15, 0.2) is 6.61 Å². The average molecular weight is 518 g/mol. The third-order valence-corrected chi connectivity index (χ3v) is 6.95. The topological polar surface area (TPSA) is 122 Å². The monoisotopic (exact) mass is 517 g/mol. The fourth-order valence-electron chi connectivity index (χ4n) is 4.93. The van der Waals surface area contributed by atoms with Gasteiger partial charge < -0.3 is 4.74 Å². The van der Waals surface area contributed by atoms with Crippen molar-refractivity contribution < 1.29 is 28.7 Å². The number of hydrazine groups is 1. The van der Waals surface area contributed by atoms with Crippen LogP contribution in [0.3, 0.4) is 0 Å². The summed E-state index contributed by atoms with van der Waals surface area (Å²) in [4.78, 5) is 64.1. The number of carbonyl (C=O) groups is 5. The highest BCUT2D eigenvalue weighted by Gasteiger charge is 2.61. The molecule has 10 heteroatoms. The maximum atomic E-state index is 13.0. The molecule has 0 unspecified atom stereocenters. The molecule has 2 fully saturated rings. The highest BCUT2D eigenvalue weighted by Crippen LogP contribution is 2.53. The van der Waals surface area contributed by atoms with E-state index in [1.807, 2.05) is 12.2 Å². The van der Waals surface area contributed by atoms with Crippen LogP contribution in [0.25, 0.3) is 0 Å². The van der Waals surface area contributed by atoms with Crippen molar-refractivity contribution >= 4 is 45.5 Å². The summed E-state index contributed by atoms with van der Waals surface area (Å²) < 4.78 is 5.91. The first-order valence-corrected chi connectivity index (χ1v) is 11.5. The summed E-state index contributed by atoms with van der Waals surface area (Å²) in [6, 6.07) is 5.39. The SMILES string of the molecule is CC(C)[C@H](C(=O)OCC(=O)NNC(=O)c1ccc(Br)cc1)N1C(=O)[C@H]2[C@H](C1=O)[C@H]1C=C[C@H]2C1. The molecule has 0 radical (unpaired) electrons. The molecule has 2 aliphatic carbocycles. The number of rotatable bonds is 6. The van der Waals surface area contributed by atoms with E-state index in [0.29, 0.717) is 5.56 Å². The molecule has 5 atom stereocenters. The van der Waals surface area contributed by atoms with Crippen molar-refractivity contribution in [2.75, 3.05) is 6.61 Å². The first kappa shape index (κ1) is 23.2. The Morgan fingerprint density at radius 3 is 2.15 bits per heavy atom. The van der Waals surface area contributed by atoms with Crippen LogP contribution in [0.15, 0.2) is 40.9 Å². The molecule has 2 bridgehead atoms. The largest absolute Gasteiger partial charge is 0.454 e. The summed E-state index contributed by atoms with van der Waals surface area (Å²) in [6.45, 7) is 2.76. The first-order chi connectivity index (χ1) is 15.7. The molecule has 1 aromatic rings. The Labute approximate surface area is 199 Å². The van der Waals surface area contributed by atoms with Gasteiger partial charge in [-0.1, -0.05) is 41.9 Å². The van der Waals surface area contributed by atoms with Crippen LogP contribution in [0.4, 0.5) is 0 Å². The molecule has 1 heterocycles. The van der Waals surface area contributed by atoms with Gasteiger partial charge in [0.2, 0.25) is 11.8 Å². The molecule has 0 aromatic heterocycles. The van der Waals surface area contributed by atoms with Gasteiger partial charge in [0.05, 0.1) is 11.8 Å².